The number of carbonyl (C=O) groups excluding carboxylic acids is 1. The highest BCUT2D eigenvalue weighted by molar-refractivity contribution is 5.94. The molecule has 7 nitrogen and oxygen atoms in total. The van der Waals surface area contributed by atoms with Crippen LogP contribution in [0.25, 0.3) is 0 Å². The fourth-order valence-corrected chi connectivity index (χ4v) is 4.64. The Bertz CT molecular complexity index is 997. The molecule has 2 unspecified atom stereocenters. The third-order valence-electron chi connectivity index (χ3n) is 6.33. The topological polar surface area (TPSA) is 67.8 Å². The predicted molar refractivity (Wildman–Crippen MR) is 112 cm³/mol. The first kappa shape index (κ1) is 21.9. The minimum atomic E-state index is -4.80. The van der Waals surface area contributed by atoms with Gasteiger partial charge in [0, 0.05) is 50.1 Å². The Hall–Kier alpha value is -2.88. The van der Waals surface area contributed by atoms with E-state index >= 15 is 0 Å². The zero-order chi connectivity index (χ0) is 23.0. The zero-order valence-electron chi connectivity index (χ0n) is 18.0. The van der Waals surface area contributed by atoms with E-state index in [-0.39, 0.29) is 23.6 Å². The molecular weight excluding hydrogens is 437 g/mol. The molecule has 0 radical (unpaired) electrons. The second kappa shape index (κ2) is 8.81. The van der Waals surface area contributed by atoms with Crippen molar-refractivity contribution in [2.45, 2.75) is 50.1 Å². The monoisotopic (exact) mass is 462 g/mol. The molecule has 2 atom stereocenters. The molecule has 1 saturated carbocycles. The Balaban J connectivity index is 1.21. The molecule has 3 aliphatic rings. The summed E-state index contributed by atoms with van der Waals surface area (Å²) in [6.45, 7) is 2.62. The average molecular weight is 462 g/mol. The molecule has 5 rings (SSSR count). The molecule has 3 heterocycles. The Morgan fingerprint density at radius 2 is 1.94 bits per heavy atom. The van der Waals surface area contributed by atoms with Gasteiger partial charge in [0.2, 0.25) is 5.88 Å². The molecule has 176 valence electrons. The standard InChI is InChI=1S/C23H25F3N4O3/c24-23(25,26)33-18-4-1-3-16(9-18)22(31)30-8-2-7-29-14-19(10-17(29)13-30)32-21-12-27-20(11-28-21)15-5-6-15/h1,3-4,9,11-12,15,17,19H,2,5-8,10,13-14H2. The number of ether oxygens (including phenoxy) is 2. The number of hydrogen-bond donors (Lipinski definition) is 0. The molecular formula is C23H25F3N4O3. The molecule has 1 aromatic carbocycles. The number of halogens is 3. The summed E-state index contributed by atoms with van der Waals surface area (Å²) < 4.78 is 47.6. The van der Waals surface area contributed by atoms with Crippen LogP contribution in [0, 0.1) is 0 Å². The fourth-order valence-electron chi connectivity index (χ4n) is 4.64. The van der Waals surface area contributed by atoms with E-state index in [1.54, 1.807) is 17.3 Å². The summed E-state index contributed by atoms with van der Waals surface area (Å²) in [4.78, 5) is 25.9. The number of alkyl halides is 3. The molecule has 2 saturated heterocycles. The Morgan fingerprint density at radius 3 is 2.67 bits per heavy atom. The van der Waals surface area contributed by atoms with Gasteiger partial charge in [0.05, 0.1) is 18.1 Å². The lowest BCUT2D eigenvalue weighted by Gasteiger charge is -2.25. The fraction of sp³-hybridized carbons (Fsp3) is 0.522. The van der Waals surface area contributed by atoms with Crippen molar-refractivity contribution < 1.29 is 27.4 Å². The van der Waals surface area contributed by atoms with Crippen molar-refractivity contribution in [1.82, 2.24) is 19.8 Å². The number of rotatable bonds is 5. The maximum absolute atomic E-state index is 13.0. The van der Waals surface area contributed by atoms with Crippen LogP contribution < -0.4 is 9.47 Å². The molecule has 10 heteroatoms. The van der Waals surface area contributed by atoms with Crippen LogP contribution in [0.1, 0.15) is 47.7 Å². The van der Waals surface area contributed by atoms with Crippen molar-refractivity contribution in [2.75, 3.05) is 26.2 Å². The lowest BCUT2D eigenvalue weighted by Crippen LogP contribution is -2.39. The van der Waals surface area contributed by atoms with E-state index in [4.69, 9.17) is 4.74 Å². The maximum atomic E-state index is 13.0. The second-order valence-corrected chi connectivity index (χ2v) is 8.86. The predicted octanol–water partition coefficient (Wildman–Crippen LogP) is 3.62. The molecule has 3 fully saturated rings. The quantitative estimate of drug-likeness (QED) is 0.676. The van der Waals surface area contributed by atoms with Crippen molar-refractivity contribution >= 4 is 5.91 Å². The van der Waals surface area contributed by atoms with Crippen LogP contribution in [0.4, 0.5) is 13.2 Å². The molecule has 2 aromatic rings. The second-order valence-electron chi connectivity index (χ2n) is 8.86. The first-order chi connectivity index (χ1) is 15.8. The smallest absolute Gasteiger partial charge is 0.472 e. The van der Waals surface area contributed by atoms with Gasteiger partial charge >= 0.3 is 6.36 Å². The van der Waals surface area contributed by atoms with Crippen LogP contribution in [0.2, 0.25) is 0 Å². The maximum Gasteiger partial charge on any atom is 0.573 e. The number of aromatic nitrogens is 2. The molecule has 1 amide bonds. The average Bonchev–Trinajstić information content (AvgIpc) is 3.58. The summed E-state index contributed by atoms with van der Waals surface area (Å²) in [5, 5.41) is 0. The van der Waals surface area contributed by atoms with Crippen LogP contribution in [0.5, 0.6) is 11.6 Å². The summed E-state index contributed by atoms with van der Waals surface area (Å²) in [7, 11) is 0. The van der Waals surface area contributed by atoms with Crippen LogP contribution in [0.15, 0.2) is 36.7 Å². The van der Waals surface area contributed by atoms with Gasteiger partial charge in [-0.3, -0.25) is 14.7 Å². The van der Waals surface area contributed by atoms with Crippen molar-refractivity contribution in [1.29, 1.82) is 0 Å². The third kappa shape index (κ3) is 5.38. The van der Waals surface area contributed by atoms with Crippen molar-refractivity contribution in [3.8, 4) is 11.6 Å². The minimum Gasteiger partial charge on any atom is -0.472 e. The third-order valence-corrected chi connectivity index (χ3v) is 6.33. The number of fused-ring (bicyclic) bond motifs is 1. The highest BCUT2D eigenvalue weighted by atomic mass is 19.4. The summed E-state index contributed by atoms with van der Waals surface area (Å²) in [6.07, 6.45) is 2.49. The number of nitrogens with zero attached hydrogens (tertiary/aromatic N) is 4. The van der Waals surface area contributed by atoms with E-state index in [0.717, 1.165) is 37.7 Å². The van der Waals surface area contributed by atoms with Crippen molar-refractivity contribution in [2.24, 2.45) is 0 Å². The van der Waals surface area contributed by atoms with Gasteiger partial charge in [0.25, 0.3) is 5.91 Å². The van der Waals surface area contributed by atoms with Crippen LogP contribution in [-0.2, 0) is 0 Å². The minimum absolute atomic E-state index is 0.0466. The van der Waals surface area contributed by atoms with E-state index < -0.39 is 12.1 Å². The number of carbonyl (C=O) groups is 1. The van der Waals surface area contributed by atoms with Crippen molar-refractivity contribution in [3.05, 3.63) is 47.9 Å². The Labute approximate surface area is 189 Å². The van der Waals surface area contributed by atoms with Crippen LogP contribution in [0.3, 0.4) is 0 Å². The van der Waals surface area contributed by atoms with E-state index in [1.807, 2.05) is 0 Å². The van der Waals surface area contributed by atoms with Crippen LogP contribution >= 0.6 is 0 Å². The van der Waals surface area contributed by atoms with Gasteiger partial charge in [-0.25, -0.2) is 4.98 Å². The Kier molecular flexibility index (Phi) is 5.86. The molecule has 33 heavy (non-hydrogen) atoms. The van der Waals surface area contributed by atoms with Crippen molar-refractivity contribution in [3.63, 3.8) is 0 Å². The number of benzene rings is 1. The van der Waals surface area contributed by atoms with E-state index in [2.05, 4.69) is 19.6 Å². The van der Waals surface area contributed by atoms with Gasteiger partial charge in [-0.1, -0.05) is 6.07 Å². The van der Waals surface area contributed by atoms with Crippen LogP contribution in [-0.4, -0.2) is 70.4 Å². The lowest BCUT2D eigenvalue weighted by atomic mass is 10.1. The largest absolute Gasteiger partial charge is 0.573 e. The summed E-state index contributed by atoms with van der Waals surface area (Å²) >= 11 is 0. The summed E-state index contributed by atoms with van der Waals surface area (Å²) in [5.41, 5.74) is 1.20. The number of hydrogen-bond acceptors (Lipinski definition) is 6. The van der Waals surface area contributed by atoms with Gasteiger partial charge in [0.15, 0.2) is 0 Å². The van der Waals surface area contributed by atoms with Gasteiger partial charge in [0.1, 0.15) is 11.9 Å². The summed E-state index contributed by atoms with van der Waals surface area (Å²) in [6, 6.07) is 5.36. The first-order valence-electron chi connectivity index (χ1n) is 11.2. The molecule has 1 aromatic heterocycles. The molecule has 1 aliphatic carbocycles. The van der Waals surface area contributed by atoms with E-state index in [0.29, 0.717) is 24.9 Å². The van der Waals surface area contributed by atoms with Gasteiger partial charge < -0.3 is 14.4 Å². The highest BCUT2D eigenvalue weighted by Gasteiger charge is 2.37. The van der Waals surface area contributed by atoms with Gasteiger partial charge in [-0.05, 0) is 37.5 Å². The highest BCUT2D eigenvalue weighted by Crippen LogP contribution is 2.38. The SMILES string of the molecule is O=C(c1cccc(OC(F)(F)F)c1)N1CCCN2CC(Oc3cnc(C4CC4)cn3)CC2C1. The van der Waals surface area contributed by atoms with E-state index in [1.165, 1.54) is 31.0 Å². The molecule has 0 N–H and O–H groups in total. The van der Waals surface area contributed by atoms with Gasteiger partial charge in [-0.2, -0.15) is 0 Å². The molecule has 2 aliphatic heterocycles. The lowest BCUT2D eigenvalue weighted by molar-refractivity contribution is -0.274. The number of amides is 1. The molecule has 0 spiro atoms. The van der Waals surface area contributed by atoms with Gasteiger partial charge in [-0.15, -0.1) is 13.2 Å². The first-order valence-corrected chi connectivity index (χ1v) is 11.2. The summed E-state index contributed by atoms with van der Waals surface area (Å²) in [5.74, 6) is 0.361. The Morgan fingerprint density at radius 1 is 1.09 bits per heavy atom. The zero-order valence-corrected chi connectivity index (χ0v) is 18.0. The molecule has 0 bridgehead atoms. The normalized spacial score (nSPS) is 23.7. The van der Waals surface area contributed by atoms with E-state index in [9.17, 15) is 18.0 Å².